The summed E-state index contributed by atoms with van der Waals surface area (Å²) in [6, 6.07) is 22.0. The highest BCUT2D eigenvalue weighted by atomic mass is 32.1. The first-order chi connectivity index (χ1) is 16.1. The third kappa shape index (κ3) is 4.56. The molecule has 0 N–H and O–H groups in total. The van der Waals surface area contributed by atoms with Gasteiger partial charge >= 0.3 is 0 Å². The van der Waals surface area contributed by atoms with Crippen molar-refractivity contribution >= 4 is 43.4 Å². The lowest BCUT2D eigenvalue weighted by atomic mass is 10.1. The number of hydrogen-bond acceptors (Lipinski definition) is 5. The second kappa shape index (κ2) is 9.00. The highest BCUT2D eigenvalue weighted by Gasteiger charge is 2.21. The number of carbonyl (C=O) groups is 1. The fraction of sp³-hybridized carbons (Fsp3) is 0.148. The normalized spacial score (nSPS) is 11.1. The maximum Gasteiger partial charge on any atom is 0.267 e. The van der Waals surface area contributed by atoms with Crippen LogP contribution in [0.25, 0.3) is 21.0 Å². The summed E-state index contributed by atoms with van der Waals surface area (Å²) >= 11 is 1.52. The average molecular weight is 454 g/mol. The summed E-state index contributed by atoms with van der Waals surface area (Å²) in [7, 11) is 0. The molecule has 0 saturated heterocycles. The predicted octanol–water partition coefficient (Wildman–Crippen LogP) is 6.07. The van der Waals surface area contributed by atoms with Gasteiger partial charge in [0.25, 0.3) is 5.91 Å². The van der Waals surface area contributed by atoms with Crippen molar-refractivity contribution in [1.29, 1.82) is 0 Å². The Kier molecular flexibility index (Phi) is 5.75. The van der Waals surface area contributed by atoms with Crippen molar-refractivity contribution in [3.63, 3.8) is 0 Å². The summed E-state index contributed by atoms with van der Waals surface area (Å²) in [4.78, 5) is 24.1. The number of anilines is 1. The molecule has 0 aliphatic carbocycles. The van der Waals surface area contributed by atoms with Crippen LogP contribution < -0.4 is 9.64 Å². The Labute approximate surface area is 196 Å². The fourth-order valence-corrected chi connectivity index (χ4v) is 5.05. The molecule has 33 heavy (non-hydrogen) atoms. The minimum absolute atomic E-state index is 0.0768. The quantitative estimate of drug-likeness (QED) is 0.313. The number of aryl methyl sites for hydroxylation is 2. The van der Waals surface area contributed by atoms with E-state index in [9.17, 15) is 4.79 Å². The lowest BCUT2D eigenvalue weighted by Crippen LogP contribution is -2.34. The molecule has 164 valence electrons. The van der Waals surface area contributed by atoms with E-state index in [0.29, 0.717) is 17.4 Å². The summed E-state index contributed by atoms with van der Waals surface area (Å²) in [5.41, 5.74) is 4.15. The summed E-state index contributed by atoms with van der Waals surface area (Å²) in [6.07, 6.45) is 3.50. The smallest absolute Gasteiger partial charge is 0.267 e. The Morgan fingerprint density at radius 3 is 2.67 bits per heavy atom. The number of pyridine rings is 1. The molecule has 1 amide bonds. The predicted molar refractivity (Wildman–Crippen MR) is 134 cm³/mol. The van der Waals surface area contributed by atoms with Gasteiger partial charge in [-0.05, 0) is 65.6 Å². The number of fused-ring (bicyclic) bond motifs is 2. The molecular weight excluding hydrogens is 430 g/mol. The maximum absolute atomic E-state index is 13.4. The number of amides is 1. The Morgan fingerprint density at radius 1 is 1.00 bits per heavy atom. The summed E-state index contributed by atoms with van der Waals surface area (Å²) in [5.74, 6) is 0.514. The zero-order valence-electron chi connectivity index (χ0n) is 18.5. The number of aromatic nitrogens is 2. The van der Waals surface area contributed by atoms with E-state index in [4.69, 9.17) is 9.72 Å². The molecule has 2 heterocycles. The molecule has 5 nitrogen and oxygen atoms in total. The van der Waals surface area contributed by atoms with Gasteiger partial charge in [-0.2, -0.15) is 0 Å². The Balaban J connectivity index is 1.43. The zero-order valence-corrected chi connectivity index (χ0v) is 19.3. The van der Waals surface area contributed by atoms with Crippen molar-refractivity contribution in [2.45, 2.75) is 20.4 Å². The molecular formula is C27H23N3O2S. The number of thiazole rings is 1. The molecule has 0 aliphatic rings. The van der Waals surface area contributed by atoms with Crippen molar-refractivity contribution in [2.24, 2.45) is 0 Å². The molecule has 0 saturated carbocycles. The van der Waals surface area contributed by atoms with Crippen molar-refractivity contribution in [1.82, 2.24) is 9.97 Å². The Bertz CT molecular complexity index is 1450. The molecule has 0 unspecified atom stereocenters. The molecule has 0 aliphatic heterocycles. The zero-order chi connectivity index (χ0) is 22.8. The van der Waals surface area contributed by atoms with Gasteiger partial charge in [-0.25, -0.2) is 4.98 Å². The largest absolute Gasteiger partial charge is 0.484 e. The van der Waals surface area contributed by atoms with Crippen LogP contribution in [0.5, 0.6) is 5.75 Å². The molecule has 6 heteroatoms. The minimum Gasteiger partial charge on any atom is -0.484 e. The number of nitrogens with zero attached hydrogens (tertiary/aromatic N) is 3. The van der Waals surface area contributed by atoms with E-state index in [0.717, 1.165) is 32.1 Å². The van der Waals surface area contributed by atoms with Crippen LogP contribution in [0.15, 0.2) is 79.1 Å². The molecule has 0 fully saturated rings. The number of ether oxygens (including phenoxy) is 1. The van der Waals surface area contributed by atoms with Crippen molar-refractivity contribution < 1.29 is 9.53 Å². The van der Waals surface area contributed by atoms with Crippen LogP contribution in [0.4, 0.5) is 5.13 Å². The highest BCUT2D eigenvalue weighted by molar-refractivity contribution is 7.22. The van der Waals surface area contributed by atoms with Gasteiger partial charge in [-0.15, -0.1) is 0 Å². The Morgan fingerprint density at radius 2 is 1.85 bits per heavy atom. The standard InChI is InChI=1S/C27H23N3O2S/c1-18-12-19(2)26-24(13-18)33-27(29-26)30(16-20-6-5-11-28-15-20)25(31)17-32-23-10-9-21-7-3-4-8-22(21)14-23/h3-15H,16-17H2,1-2H3. The topological polar surface area (TPSA) is 55.3 Å². The van der Waals surface area contributed by atoms with Crippen molar-refractivity contribution in [3.05, 3.63) is 95.8 Å². The maximum atomic E-state index is 13.4. The molecule has 5 aromatic rings. The van der Waals surface area contributed by atoms with E-state index in [1.165, 1.54) is 16.9 Å². The molecule has 0 atom stereocenters. The number of hydrogen-bond donors (Lipinski definition) is 0. The van der Waals surface area contributed by atoms with Gasteiger partial charge in [-0.1, -0.05) is 53.8 Å². The van der Waals surface area contributed by atoms with Crippen LogP contribution in [-0.2, 0) is 11.3 Å². The molecule has 0 bridgehead atoms. The third-order valence-corrected chi connectivity index (χ3v) is 6.52. The molecule has 5 rings (SSSR count). The van der Waals surface area contributed by atoms with E-state index >= 15 is 0 Å². The van der Waals surface area contributed by atoms with Crippen LogP contribution >= 0.6 is 11.3 Å². The van der Waals surface area contributed by atoms with Crippen molar-refractivity contribution in [3.8, 4) is 5.75 Å². The van der Waals surface area contributed by atoms with Crippen molar-refractivity contribution in [2.75, 3.05) is 11.5 Å². The van der Waals surface area contributed by atoms with Gasteiger partial charge in [0, 0.05) is 12.4 Å². The fourth-order valence-electron chi connectivity index (χ4n) is 3.89. The van der Waals surface area contributed by atoms with Crippen LogP contribution in [0, 0.1) is 13.8 Å². The first-order valence-corrected chi connectivity index (χ1v) is 11.6. The Hall–Kier alpha value is -3.77. The van der Waals surface area contributed by atoms with E-state index in [2.05, 4.69) is 37.0 Å². The van der Waals surface area contributed by atoms with E-state index in [-0.39, 0.29) is 12.5 Å². The minimum atomic E-state index is -0.152. The molecule has 2 aromatic heterocycles. The van der Waals surface area contributed by atoms with E-state index in [1.54, 1.807) is 17.3 Å². The lowest BCUT2D eigenvalue weighted by Gasteiger charge is -2.20. The molecule has 0 spiro atoms. The van der Waals surface area contributed by atoms with E-state index < -0.39 is 0 Å². The summed E-state index contributed by atoms with van der Waals surface area (Å²) < 4.78 is 6.97. The summed E-state index contributed by atoms with van der Waals surface area (Å²) in [5, 5.41) is 2.87. The van der Waals surface area contributed by atoms with E-state index in [1.807, 2.05) is 48.5 Å². The molecule has 0 radical (unpaired) electrons. The molecule has 3 aromatic carbocycles. The second-order valence-electron chi connectivity index (χ2n) is 8.06. The third-order valence-electron chi connectivity index (χ3n) is 5.50. The van der Waals surface area contributed by atoms with Gasteiger partial charge < -0.3 is 4.74 Å². The number of carbonyl (C=O) groups excluding carboxylic acids is 1. The van der Waals surface area contributed by atoms with Gasteiger partial charge in [0.1, 0.15) is 5.75 Å². The first kappa shape index (κ1) is 21.1. The van der Waals surface area contributed by atoms with Crippen LogP contribution in [-0.4, -0.2) is 22.5 Å². The number of benzene rings is 3. The number of rotatable bonds is 6. The van der Waals surface area contributed by atoms with Gasteiger partial charge in [-0.3, -0.25) is 14.7 Å². The van der Waals surface area contributed by atoms with Gasteiger partial charge in [0.15, 0.2) is 11.7 Å². The van der Waals surface area contributed by atoms with Gasteiger partial charge in [0.05, 0.1) is 16.8 Å². The second-order valence-corrected chi connectivity index (χ2v) is 9.07. The van der Waals surface area contributed by atoms with Crippen LogP contribution in [0.2, 0.25) is 0 Å². The lowest BCUT2D eigenvalue weighted by molar-refractivity contribution is -0.120. The SMILES string of the molecule is Cc1cc(C)c2nc(N(Cc3cccnc3)C(=O)COc3ccc4ccccc4c3)sc2c1. The van der Waals surface area contributed by atoms with Gasteiger partial charge in [0.2, 0.25) is 0 Å². The first-order valence-electron chi connectivity index (χ1n) is 10.8. The van der Waals surface area contributed by atoms with Crippen LogP contribution in [0.3, 0.4) is 0 Å². The highest BCUT2D eigenvalue weighted by Crippen LogP contribution is 2.32. The van der Waals surface area contributed by atoms with Crippen LogP contribution in [0.1, 0.15) is 16.7 Å². The average Bonchev–Trinajstić information content (AvgIpc) is 3.25. The monoisotopic (exact) mass is 453 g/mol. The summed E-state index contributed by atoms with van der Waals surface area (Å²) in [6.45, 7) is 4.43.